The van der Waals surface area contributed by atoms with E-state index in [0.29, 0.717) is 151 Å². The number of amides is 2. The zero-order valence-electron chi connectivity index (χ0n) is 62.9. The van der Waals surface area contributed by atoms with E-state index in [1.807, 2.05) is 38.1 Å². The van der Waals surface area contributed by atoms with Crippen LogP contribution < -0.4 is 39.0 Å². The first kappa shape index (κ1) is 83.0. The number of hydrogen-bond donors (Lipinski definition) is 5. The van der Waals surface area contributed by atoms with Crippen LogP contribution in [0.5, 0.6) is 23.0 Å². The predicted molar refractivity (Wildman–Crippen MR) is 412 cm³/mol. The molecule has 2 amide bonds. The van der Waals surface area contributed by atoms with E-state index in [-0.39, 0.29) is 22.6 Å². The molecule has 0 saturated heterocycles. The third kappa shape index (κ3) is 18.6. The standard InChI is InChI=1S/C41H38F3N5O8S.C40H36F3N5O8S/c1-6-57-22-23-15-34(54-3)37(35(16-23)55-4)29-12-9-26(30-21-46-49(2)39(29)30)17-33(41(51)56-5)47-40(50)38-31(42)19-27(20-32(38)43)48-58(52,53)28-10-7-24(8-11-28)25-13-14-45-36(44)18-25;1-5-56-21-22-14-33(54-3)36(34(15-22)55-4)28-11-8-25(29-20-45-48(2)38(28)29)16-32(40(50)51)46-39(49)37-30(41)18-26(19-31(37)42)47-57(52,53)27-9-6-23(7-10-27)24-12-13-44-35(43)17-24/h7-16,18-21,33,48H,6,17,22H2,1-5H3,(H,47,50);6-15,17-20,32,47H,5,16,21H2,1-4H3,(H,46,49)(H,50,51). The number of carboxylic acid groups (broad SMARTS) is 1. The number of methoxy groups -OCH3 is 5. The van der Waals surface area contributed by atoms with Crippen LogP contribution in [0, 0.1) is 35.2 Å². The lowest BCUT2D eigenvalue weighted by atomic mass is 9.94. The summed E-state index contributed by atoms with van der Waals surface area (Å²) in [5.41, 5.74) is 5.14. The average molecular weight is 1620 g/mol. The van der Waals surface area contributed by atoms with Gasteiger partial charge >= 0.3 is 11.9 Å². The Morgan fingerprint density at radius 3 is 1.16 bits per heavy atom. The summed E-state index contributed by atoms with van der Waals surface area (Å²) in [6.07, 6.45) is 5.17. The topological polar surface area (TPSA) is 331 Å². The quantitative estimate of drug-likeness (QED) is 0.0159. The van der Waals surface area contributed by atoms with E-state index >= 15 is 17.6 Å². The minimum absolute atomic E-state index is 0.168. The van der Waals surface area contributed by atoms with Gasteiger partial charge in [-0.05, 0) is 143 Å². The Bertz CT molecular complexity index is 5840. The van der Waals surface area contributed by atoms with E-state index in [1.54, 1.807) is 60.0 Å². The largest absolute Gasteiger partial charge is 0.496 e. The van der Waals surface area contributed by atoms with Gasteiger partial charge in [0.2, 0.25) is 11.9 Å². The van der Waals surface area contributed by atoms with Crippen LogP contribution in [0.25, 0.3) is 66.3 Å². The fourth-order valence-electron chi connectivity index (χ4n) is 12.9. The summed E-state index contributed by atoms with van der Waals surface area (Å²) in [6.45, 7) is 5.48. The highest BCUT2D eigenvalue weighted by atomic mass is 32.2. The van der Waals surface area contributed by atoms with Crippen LogP contribution in [-0.2, 0) is 84.0 Å². The predicted octanol–water partition coefficient (Wildman–Crippen LogP) is 13.1. The van der Waals surface area contributed by atoms with E-state index in [1.165, 1.54) is 114 Å². The normalized spacial score (nSPS) is 12.0. The van der Waals surface area contributed by atoms with Gasteiger partial charge in [0.05, 0.1) is 104 Å². The number of rotatable bonds is 30. The van der Waals surface area contributed by atoms with E-state index in [4.69, 9.17) is 33.2 Å². The molecule has 34 heteroatoms. The SMILES string of the molecule is CCOCc1cc(OC)c(-c2ccc(CC(NC(=O)c3c(F)cc(NS(=O)(=O)c4ccc(-c5ccnc(F)c5)cc4)cc3F)C(=O)O)c3cnn(C)c23)c(OC)c1.CCOCc1cc(OC)c(-c2ccc(CC(NC(=O)c3c(F)cc(NS(=O)(=O)c4ccc(-c5ccnc(F)c5)cc4)cc3F)C(=O)OC)c3cnn(C)c23)c(OC)c1. The molecule has 2 unspecified atom stereocenters. The fraction of sp³-hybridized carbons (Fsp3) is 0.210. The summed E-state index contributed by atoms with van der Waals surface area (Å²) in [4.78, 5) is 58.6. The van der Waals surface area contributed by atoms with Gasteiger partial charge in [-0.25, -0.2) is 54.0 Å². The van der Waals surface area contributed by atoms with E-state index in [0.717, 1.165) is 18.2 Å². The summed E-state index contributed by atoms with van der Waals surface area (Å²) in [6, 6.07) is 29.7. The number of benzene rings is 8. The maximum Gasteiger partial charge on any atom is 0.328 e. The van der Waals surface area contributed by atoms with Crippen LogP contribution in [0.15, 0.2) is 180 Å². The molecule has 0 aliphatic heterocycles. The molecule has 5 N–H and O–H groups in total. The Morgan fingerprint density at radius 1 is 0.470 bits per heavy atom. The highest BCUT2D eigenvalue weighted by Gasteiger charge is 2.32. The molecule has 26 nitrogen and oxygen atoms in total. The van der Waals surface area contributed by atoms with E-state index < -0.39 is 114 Å². The van der Waals surface area contributed by atoms with Crippen LogP contribution in [0.3, 0.4) is 0 Å². The maximum absolute atomic E-state index is 15.5. The highest BCUT2D eigenvalue weighted by Crippen LogP contribution is 2.46. The number of aromatic nitrogens is 6. The molecule has 12 aromatic rings. The Kier molecular flexibility index (Phi) is 25.9. The number of esters is 1. The molecule has 0 saturated carbocycles. The summed E-state index contributed by atoms with van der Waals surface area (Å²) in [5.74, 6) is -10.2. The van der Waals surface area contributed by atoms with Crippen molar-refractivity contribution in [3.63, 3.8) is 0 Å². The van der Waals surface area contributed by atoms with Crippen molar-refractivity contribution in [3.8, 4) is 67.5 Å². The minimum atomic E-state index is -4.38. The summed E-state index contributed by atoms with van der Waals surface area (Å²) < 4.78 is 188. The van der Waals surface area contributed by atoms with Gasteiger partial charge in [0.15, 0.2) is 0 Å². The summed E-state index contributed by atoms with van der Waals surface area (Å²) in [7, 11) is 1.91. The van der Waals surface area contributed by atoms with Crippen molar-refractivity contribution < 1.29 is 101 Å². The average Bonchev–Trinajstić information content (AvgIpc) is 1.73. The zero-order chi connectivity index (χ0) is 82.7. The Hall–Kier alpha value is -12.9. The van der Waals surface area contributed by atoms with Crippen LogP contribution in [-0.4, -0.2) is 136 Å². The van der Waals surface area contributed by atoms with Crippen LogP contribution in [0.1, 0.15) is 56.8 Å². The fourth-order valence-corrected chi connectivity index (χ4v) is 15.0. The third-order valence-electron chi connectivity index (χ3n) is 18.3. The highest BCUT2D eigenvalue weighted by molar-refractivity contribution is 7.93. The van der Waals surface area contributed by atoms with Crippen molar-refractivity contribution in [2.75, 3.05) is 58.2 Å². The zero-order valence-corrected chi connectivity index (χ0v) is 64.5. The van der Waals surface area contributed by atoms with Crippen molar-refractivity contribution in [2.24, 2.45) is 14.1 Å². The number of carboxylic acids is 1. The maximum atomic E-state index is 15.5. The number of anilines is 2. The number of carbonyl (C=O) groups is 4. The molecule has 0 fully saturated rings. The molecular weight excluding hydrogens is 1550 g/mol. The number of fused-ring (bicyclic) bond motifs is 2. The molecular formula is C81H74F6N10O16S2. The molecule has 0 radical (unpaired) electrons. The number of ether oxygens (including phenoxy) is 7. The van der Waals surface area contributed by atoms with Crippen LogP contribution in [0.4, 0.5) is 37.7 Å². The lowest BCUT2D eigenvalue weighted by molar-refractivity contribution is -0.143. The number of sulfonamides is 2. The van der Waals surface area contributed by atoms with Crippen LogP contribution >= 0.6 is 0 Å². The molecule has 598 valence electrons. The lowest BCUT2D eigenvalue weighted by Crippen LogP contribution is -2.43. The summed E-state index contributed by atoms with van der Waals surface area (Å²) >= 11 is 0. The molecule has 4 aromatic heterocycles. The van der Waals surface area contributed by atoms with Gasteiger partial charge in [0.25, 0.3) is 31.9 Å². The van der Waals surface area contributed by atoms with Gasteiger partial charge in [-0.3, -0.25) is 28.4 Å². The second-order valence-corrected chi connectivity index (χ2v) is 28.9. The van der Waals surface area contributed by atoms with Crippen molar-refractivity contribution in [1.29, 1.82) is 0 Å². The molecule has 8 aromatic carbocycles. The van der Waals surface area contributed by atoms with Crippen molar-refractivity contribution >= 4 is 77.0 Å². The first-order valence-electron chi connectivity index (χ1n) is 35.0. The molecule has 12 rings (SSSR count). The first-order valence-corrected chi connectivity index (χ1v) is 37.9. The smallest absolute Gasteiger partial charge is 0.328 e. The van der Waals surface area contributed by atoms with Gasteiger partial charge in [0.1, 0.15) is 69.5 Å². The van der Waals surface area contributed by atoms with Gasteiger partial charge < -0.3 is 48.9 Å². The van der Waals surface area contributed by atoms with Crippen molar-refractivity contribution in [2.45, 2.75) is 61.8 Å². The number of nitrogens with one attached hydrogen (secondary N) is 4. The minimum Gasteiger partial charge on any atom is -0.496 e. The van der Waals surface area contributed by atoms with Gasteiger partial charge in [0, 0.05) is 86.6 Å². The number of halogens is 6. The van der Waals surface area contributed by atoms with Gasteiger partial charge in [-0.1, -0.05) is 48.5 Å². The third-order valence-corrected chi connectivity index (χ3v) is 21.1. The first-order chi connectivity index (χ1) is 55.0. The molecule has 0 aliphatic carbocycles. The number of nitrogens with zero attached hydrogens (tertiary/aromatic N) is 6. The Labute approximate surface area is 655 Å². The van der Waals surface area contributed by atoms with Crippen molar-refractivity contribution in [3.05, 3.63) is 239 Å². The lowest BCUT2D eigenvalue weighted by Gasteiger charge is -2.20. The molecule has 115 heavy (non-hydrogen) atoms. The monoisotopic (exact) mass is 1620 g/mol. The number of aliphatic carboxylic acids is 1. The molecule has 4 heterocycles. The number of aryl methyl sites for hydroxylation is 2. The summed E-state index contributed by atoms with van der Waals surface area (Å²) in [5, 5.41) is 24.6. The Balaban J connectivity index is 0.000000226. The Morgan fingerprint density at radius 2 is 0.826 bits per heavy atom. The van der Waals surface area contributed by atoms with Crippen LogP contribution in [0.2, 0.25) is 0 Å². The van der Waals surface area contributed by atoms with Gasteiger partial charge in [-0.2, -0.15) is 19.0 Å². The second kappa shape index (κ2) is 35.8. The number of pyridine rings is 2. The molecule has 2 atom stereocenters. The molecule has 0 aliphatic rings. The molecule has 0 bridgehead atoms. The van der Waals surface area contributed by atoms with Crippen molar-refractivity contribution in [1.82, 2.24) is 40.2 Å². The molecule has 0 spiro atoms. The van der Waals surface area contributed by atoms with E-state index in [9.17, 15) is 49.9 Å². The van der Waals surface area contributed by atoms with E-state index in [2.05, 4.69) is 40.2 Å². The number of carbonyl (C=O) groups excluding carboxylic acids is 3. The number of hydrogen-bond acceptors (Lipinski definition) is 19. The van der Waals surface area contributed by atoms with Gasteiger partial charge in [-0.15, -0.1) is 0 Å². The second-order valence-electron chi connectivity index (χ2n) is 25.6.